The van der Waals surface area contributed by atoms with Gasteiger partial charge in [0.05, 0.1) is 12.6 Å². The number of imidazole rings is 1. The summed E-state index contributed by atoms with van der Waals surface area (Å²) in [7, 11) is -2.26. The average Bonchev–Trinajstić information content (AvgIpc) is 2.86. The summed E-state index contributed by atoms with van der Waals surface area (Å²) in [6.07, 6.45) is 2.82. The van der Waals surface area contributed by atoms with Gasteiger partial charge >= 0.3 is 5.97 Å². The molecule has 0 spiro atoms. The van der Waals surface area contributed by atoms with Gasteiger partial charge in [-0.2, -0.15) is 4.31 Å². The minimum atomic E-state index is -3.65. The third kappa shape index (κ3) is 2.25. The van der Waals surface area contributed by atoms with Crippen molar-refractivity contribution in [2.75, 3.05) is 13.6 Å². The van der Waals surface area contributed by atoms with Crippen molar-refractivity contribution in [1.29, 1.82) is 0 Å². The Morgan fingerprint density at radius 3 is 3.00 bits per heavy atom. The number of carboxylic acid groups (broad SMARTS) is 1. The first kappa shape index (κ1) is 13.0. The standard InChI is InChI=1S/C10H15N3O4S/c1-12(6-4-10(14)15)18(16,17)9-7-11-8-3-2-5-13(8)9/h7H,2-6H2,1H3,(H,14,15). The number of hydrogen-bond donors (Lipinski definition) is 1. The number of aliphatic carboxylic acids is 1. The monoisotopic (exact) mass is 273 g/mol. The van der Waals surface area contributed by atoms with Crippen molar-refractivity contribution >= 4 is 16.0 Å². The van der Waals surface area contributed by atoms with Crippen LogP contribution in [0.5, 0.6) is 0 Å². The second kappa shape index (κ2) is 4.69. The summed E-state index contributed by atoms with van der Waals surface area (Å²) >= 11 is 0. The number of rotatable bonds is 5. The number of aryl methyl sites for hydroxylation is 1. The number of carbonyl (C=O) groups is 1. The van der Waals surface area contributed by atoms with Crippen molar-refractivity contribution in [3.63, 3.8) is 0 Å². The van der Waals surface area contributed by atoms with Crippen LogP contribution in [0.2, 0.25) is 0 Å². The Bertz CT molecular complexity index is 564. The minimum absolute atomic E-state index is 0.0435. The fourth-order valence-corrected chi connectivity index (χ4v) is 3.28. The Morgan fingerprint density at radius 1 is 1.61 bits per heavy atom. The predicted octanol–water partition coefficient (Wildman–Crippen LogP) is -0.0755. The smallest absolute Gasteiger partial charge is 0.304 e. The van der Waals surface area contributed by atoms with Crippen molar-refractivity contribution in [2.24, 2.45) is 0 Å². The maximum Gasteiger partial charge on any atom is 0.304 e. The zero-order valence-corrected chi connectivity index (χ0v) is 10.9. The number of carboxylic acids is 1. The molecule has 1 aromatic rings. The highest BCUT2D eigenvalue weighted by molar-refractivity contribution is 7.89. The third-order valence-electron chi connectivity index (χ3n) is 3.00. The summed E-state index contributed by atoms with van der Waals surface area (Å²) in [5, 5.41) is 8.73. The van der Waals surface area contributed by atoms with Crippen LogP contribution in [0.25, 0.3) is 0 Å². The molecule has 2 heterocycles. The van der Waals surface area contributed by atoms with E-state index in [4.69, 9.17) is 5.11 Å². The van der Waals surface area contributed by atoms with Crippen LogP contribution in [-0.4, -0.2) is 46.9 Å². The molecule has 7 nitrogen and oxygen atoms in total. The number of nitrogens with zero attached hydrogens (tertiary/aromatic N) is 3. The van der Waals surface area contributed by atoms with Gasteiger partial charge in [0, 0.05) is 26.6 Å². The molecule has 0 atom stereocenters. The Hall–Kier alpha value is -1.41. The third-order valence-corrected chi connectivity index (χ3v) is 4.86. The number of sulfonamides is 1. The molecule has 0 aromatic carbocycles. The molecule has 0 aliphatic carbocycles. The van der Waals surface area contributed by atoms with Gasteiger partial charge in [-0.1, -0.05) is 0 Å². The Kier molecular flexibility index (Phi) is 3.40. The first-order valence-corrected chi connectivity index (χ1v) is 7.09. The van der Waals surface area contributed by atoms with Crippen LogP contribution >= 0.6 is 0 Å². The van der Waals surface area contributed by atoms with Crippen molar-refractivity contribution < 1.29 is 18.3 Å². The van der Waals surface area contributed by atoms with E-state index in [0.29, 0.717) is 6.54 Å². The summed E-state index contributed by atoms with van der Waals surface area (Å²) in [4.78, 5) is 14.5. The molecule has 0 radical (unpaired) electrons. The molecule has 0 saturated heterocycles. The molecule has 0 amide bonds. The Labute approximate surface area is 105 Å². The molecule has 18 heavy (non-hydrogen) atoms. The van der Waals surface area contributed by atoms with Gasteiger partial charge in [-0.3, -0.25) is 4.79 Å². The Balaban J connectivity index is 2.22. The molecule has 8 heteroatoms. The molecule has 0 bridgehead atoms. The van der Waals surface area contributed by atoms with Gasteiger partial charge in [0.2, 0.25) is 0 Å². The summed E-state index contributed by atoms with van der Waals surface area (Å²) < 4.78 is 27.2. The fourth-order valence-electron chi connectivity index (χ4n) is 1.97. The largest absolute Gasteiger partial charge is 0.481 e. The van der Waals surface area contributed by atoms with E-state index in [0.717, 1.165) is 23.0 Å². The van der Waals surface area contributed by atoms with E-state index in [9.17, 15) is 13.2 Å². The number of fused-ring (bicyclic) bond motifs is 1. The minimum Gasteiger partial charge on any atom is -0.481 e. The lowest BCUT2D eigenvalue weighted by Gasteiger charge is -2.16. The summed E-state index contributed by atoms with van der Waals surface area (Å²) in [5.41, 5.74) is 0. The van der Waals surface area contributed by atoms with Crippen LogP contribution in [0, 0.1) is 0 Å². The topological polar surface area (TPSA) is 92.5 Å². The highest BCUT2D eigenvalue weighted by Gasteiger charge is 2.28. The van der Waals surface area contributed by atoms with E-state index in [1.807, 2.05) is 0 Å². The van der Waals surface area contributed by atoms with E-state index in [1.165, 1.54) is 13.2 Å². The van der Waals surface area contributed by atoms with E-state index in [-0.39, 0.29) is 18.0 Å². The SMILES string of the molecule is CN(CCC(=O)O)S(=O)(=O)c1cnc2n1CCC2. The van der Waals surface area contributed by atoms with Gasteiger partial charge in [0.25, 0.3) is 10.0 Å². The van der Waals surface area contributed by atoms with Crippen molar-refractivity contribution in [3.05, 3.63) is 12.0 Å². The highest BCUT2D eigenvalue weighted by Crippen LogP contribution is 2.22. The number of hydrogen-bond acceptors (Lipinski definition) is 4. The van der Waals surface area contributed by atoms with E-state index in [2.05, 4.69) is 4.98 Å². The second-order valence-electron chi connectivity index (χ2n) is 4.24. The molecule has 2 rings (SSSR count). The normalized spacial score (nSPS) is 15.0. The number of aromatic nitrogens is 2. The molecule has 100 valence electrons. The van der Waals surface area contributed by atoms with Crippen LogP contribution in [0.3, 0.4) is 0 Å². The lowest BCUT2D eigenvalue weighted by atomic mass is 10.4. The van der Waals surface area contributed by atoms with E-state index in [1.54, 1.807) is 4.57 Å². The molecular weight excluding hydrogens is 258 g/mol. The van der Waals surface area contributed by atoms with Gasteiger partial charge < -0.3 is 9.67 Å². The van der Waals surface area contributed by atoms with Crippen molar-refractivity contribution in [2.45, 2.75) is 30.8 Å². The molecule has 1 aromatic heterocycles. The molecular formula is C10H15N3O4S. The van der Waals surface area contributed by atoms with Gasteiger partial charge in [-0.25, -0.2) is 13.4 Å². The quantitative estimate of drug-likeness (QED) is 0.810. The molecule has 0 fully saturated rings. The molecule has 1 N–H and O–H groups in total. The molecule has 0 unspecified atom stereocenters. The second-order valence-corrected chi connectivity index (χ2v) is 6.23. The van der Waals surface area contributed by atoms with E-state index >= 15 is 0 Å². The van der Waals surface area contributed by atoms with Gasteiger partial charge in [0.1, 0.15) is 5.82 Å². The van der Waals surface area contributed by atoms with Crippen molar-refractivity contribution in [3.8, 4) is 0 Å². The fraction of sp³-hybridized carbons (Fsp3) is 0.600. The zero-order chi connectivity index (χ0) is 13.3. The predicted molar refractivity (Wildman–Crippen MR) is 62.6 cm³/mol. The van der Waals surface area contributed by atoms with Crippen LogP contribution in [0.4, 0.5) is 0 Å². The van der Waals surface area contributed by atoms with Crippen molar-refractivity contribution in [1.82, 2.24) is 13.9 Å². The maximum absolute atomic E-state index is 12.2. The maximum atomic E-state index is 12.2. The molecule has 0 saturated carbocycles. The highest BCUT2D eigenvalue weighted by atomic mass is 32.2. The summed E-state index contributed by atoms with van der Waals surface area (Å²) in [6, 6.07) is 0. The first-order valence-electron chi connectivity index (χ1n) is 5.65. The van der Waals surface area contributed by atoms with Gasteiger partial charge in [-0.15, -0.1) is 0 Å². The zero-order valence-electron chi connectivity index (χ0n) is 10.0. The lowest BCUT2D eigenvalue weighted by molar-refractivity contribution is -0.137. The van der Waals surface area contributed by atoms with Gasteiger partial charge in [-0.05, 0) is 6.42 Å². The summed E-state index contributed by atoms with van der Waals surface area (Å²) in [6.45, 7) is 0.606. The molecule has 1 aliphatic rings. The average molecular weight is 273 g/mol. The Morgan fingerprint density at radius 2 is 2.33 bits per heavy atom. The summed E-state index contributed by atoms with van der Waals surface area (Å²) in [5.74, 6) is -0.240. The van der Waals surface area contributed by atoms with Crippen LogP contribution in [0.1, 0.15) is 18.7 Å². The van der Waals surface area contributed by atoms with Crippen LogP contribution in [0.15, 0.2) is 11.2 Å². The molecule has 1 aliphatic heterocycles. The van der Waals surface area contributed by atoms with Crippen LogP contribution < -0.4 is 0 Å². The van der Waals surface area contributed by atoms with E-state index < -0.39 is 16.0 Å². The lowest BCUT2D eigenvalue weighted by Crippen LogP contribution is -2.30. The first-order chi connectivity index (χ1) is 8.43. The van der Waals surface area contributed by atoms with Gasteiger partial charge in [0.15, 0.2) is 5.03 Å². The van der Waals surface area contributed by atoms with Crippen LogP contribution in [-0.2, 0) is 27.8 Å².